The fourth-order valence-corrected chi connectivity index (χ4v) is 4.37. The van der Waals surface area contributed by atoms with E-state index in [0.29, 0.717) is 18.1 Å². The lowest BCUT2D eigenvalue weighted by Crippen LogP contribution is -2.57. The Bertz CT molecular complexity index is 346. The Morgan fingerprint density at radius 1 is 1.21 bits per heavy atom. The van der Waals surface area contributed by atoms with Crippen molar-refractivity contribution >= 4 is 5.97 Å². The van der Waals surface area contributed by atoms with Crippen molar-refractivity contribution in [2.75, 3.05) is 13.2 Å². The van der Waals surface area contributed by atoms with Gasteiger partial charge in [-0.2, -0.15) is 0 Å². The van der Waals surface area contributed by atoms with Gasteiger partial charge in [-0.15, -0.1) is 0 Å². The second kappa shape index (κ2) is 5.41. The van der Waals surface area contributed by atoms with E-state index < -0.39 is 5.97 Å². The Morgan fingerprint density at radius 3 is 2.84 bits per heavy atom. The maximum atomic E-state index is 11.5. The summed E-state index contributed by atoms with van der Waals surface area (Å²) in [5.74, 6) is -0.114. The number of carbonyl (C=O) groups is 1. The van der Waals surface area contributed by atoms with Crippen LogP contribution in [0.3, 0.4) is 0 Å². The van der Waals surface area contributed by atoms with Gasteiger partial charge in [0.05, 0.1) is 18.6 Å². The fraction of sp³-hybridized carbons (Fsp3) is 0.933. The predicted molar refractivity (Wildman–Crippen MR) is 72.0 cm³/mol. The third kappa shape index (κ3) is 2.52. The van der Waals surface area contributed by atoms with Crippen LogP contribution in [0.1, 0.15) is 45.4 Å². The first-order valence-electron chi connectivity index (χ1n) is 7.77. The molecule has 19 heavy (non-hydrogen) atoms. The molecule has 2 saturated carbocycles. The number of aliphatic carboxylic acids is 1. The number of nitrogens with zero attached hydrogens (tertiary/aromatic N) is 1. The molecule has 1 heterocycles. The number of hydrogen-bond donors (Lipinski definition) is 1. The smallest absolute Gasteiger partial charge is 0.308 e. The summed E-state index contributed by atoms with van der Waals surface area (Å²) in [5, 5.41) is 9.51. The van der Waals surface area contributed by atoms with E-state index in [-0.39, 0.29) is 12.0 Å². The molecule has 0 aromatic carbocycles. The predicted octanol–water partition coefficient (Wildman–Crippen LogP) is 2.13. The molecule has 3 fully saturated rings. The van der Waals surface area contributed by atoms with Crippen LogP contribution < -0.4 is 0 Å². The van der Waals surface area contributed by atoms with Gasteiger partial charge in [-0.25, -0.2) is 0 Å². The maximum absolute atomic E-state index is 11.5. The molecule has 2 aliphatic carbocycles. The van der Waals surface area contributed by atoms with Gasteiger partial charge in [-0.05, 0) is 44.4 Å². The van der Waals surface area contributed by atoms with E-state index in [1.807, 2.05) is 0 Å². The third-order valence-electron chi connectivity index (χ3n) is 5.35. The number of hydrogen-bond acceptors (Lipinski definition) is 3. The summed E-state index contributed by atoms with van der Waals surface area (Å²) in [4.78, 5) is 14.0. The Balaban J connectivity index is 1.78. The van der Waals surface area contributed by atoms with Crippen molar-refractivity contribution in [3.63, 3.8) is 0 Å². The summed E-state index contributed by atoms with van der Waals surface area (Å²) in [5.41, 5.74) is 0. The summed E-state index contributed by atoms with van der Waals surface area (Å²) >= 11 is 0. The van der Waals surface area contributed by atoms with E-state index in [9.17, 15) is 9.90 Å². The van der Waals surface area contributed by atoms with Crippen LogP contribution in [-0.4, -0.2) is 47.3 Å². The molecule has 0 aromatic rings. The molecule has 0 bridgehead atoms. The lowest BCUT2D eigenvalue weighted by molar-refractivity contribution is -0.150. The maximum Gasteiger partial charge on any atom is 0.308 e. The Kier molecular flexibility index (Phi) is 3.81. The van der Waals surface area contributed by atoms with Gasteiger partial charge in [0, 0.05) is 18.6 Å². The molecule has 3 rings (SSSR count). The average Bonchev–Trinajstić information content (AvgIpc) is 2.86. The molecular formula is C15H25NO3. The molecule has 5 unspecified atom stereocenters. The monoisotopic (exact) mass is 267 g/mol. The quantitative estimate of drug-likeness (QED) is 0.832. The summed E-state index contributed by atoms with van der Waals surface area (Å²) in [6.45, 7) is 3.96. The number of fused-ring (bicyclic) bond motifs is 1. The van der Waals surface area contributed by atoms with E-state index in [1.165, 1.54) is 12.8 Å². The van der Waals surface area contributed by atoms with Gasteiger partial charge in [0.1, 0.15) is 0 Å². The molecule has 1 N–H and O–H groups in total. The van der Waals surface area contributed by atoms with E-state index in [1.54, 1.807) is 0 Å². The highest BCUT2D eigenvalue weighted by molar-refractivity contribution is 5.71. The number of rotatable bonds is 2. The molecular weight excluding hydrogens is 242 g/mol. The summed E-state index contributed by atoms with van der Waals surface area (Å²) in [7, 11) is 0. The molecule has 0 amide bonds. The summed E-state index contributed by atoms with van der Waals surface area (Å²) in [6.07, 6.45) is 6.87. The van der Waals surface area contributed by atoms with Crippen LogP contribution in [-0.2, 0) is 9.53 Å². The van der Waals surface area contributed by atoms with Crippen LogP contribution in [0.5, 0.6) is 0 Å². The van der Waals surface area contributed by atoms with Crippen molar-refractivity contribution in [2.24, 2.45) is 11.8 Å². The van der Waals surface area contributed by atoms with Gasteiger partial charge >= 0.3 is 5.97 Å². The van der Waals surface area contributed by atoms with Crippen molar-refractivity contribution < 1.29 is 14.6 Å². The van der Waals surface area contributed by atoms with Crippen LogP contribution >= 0.6 is 0 Å². The minimum absolute atomic E-state index is 0.171. The standard InChI is InChI=1S/C15H25NO3/c1-10-5-6-11(15(17)18)13(9-10)16-7-8-19-14-4-2-3-12(14)16/h10-14H,2-9H2,1H3,(H,17,18). The fourth-order valence-electron chi connectivity index (χ4n) is 4.37. The average molecular weight is 267 g/mol. The van der Waals surface area contributed by atoms with Gasteiger partial charge in [0.2, 0.25) is 0 Å². The van der Waals surface area contributed by atoms with E-state index in [0.717, 1.165) is 38.8 Å². The van der Waals surface area contributed by atoms with E-state index in [2.05, 4.69) is 11.8 Å². The molecule has 4 nitrogen and oxygen atoms in total. The Hall–Kier alpha value is -0.610. The second-order valence-corrected chi connectivity index (χ2v) is 6.58. The number of carboxylic acid groups (broad SMARTS) is 1. The summed E-state index contributed by atoms with van der Waals surface area (Å²) in [6, 6.07) is 0.710. The van der Waals surface area contributed by atoms with Crippen molar-refractivity contribution in [2.45, 2.75) is 63.6 Å². The van der Waals surface area contributed by atoms with Crippen LogP contribution in [0.15, 0.2) is 0 Å². The molecule has 1 saturated heterocycles. The molecule has 1 aliphatic heterocycles. The minimum Gasteiger partial charge on any atom is -0.481 e. The van der Waals surface area contributed by atoms with Gasteiger partial charge in [-0.1, -0.05) is 6.92 Å². The van der Waals surface area contributed by atoms with E-state index >= 15 is 0 Å². The molecule has 4 heteroatoms. The van der Waals surface area contributed by atoms with Crippen molar-refractivity contribution in [1.29, 1.82) is 0 Å². The zero-order valence-electron chi connectivity index (χ0n) is 11.8. The van der Waals surface area contributed by atoms with Crippen LogP contribution in [0.25, 0.3) is 0 Å². The van der Waals surface area contributed by atoms with Gasteiger partial charge in [0.25, 0.3) is 0 Å². The van der Waals surface area contributed by atoms with Crippen LogP contribution in [0, 0.1) is 11.8 Å². The van der Waals surface area contributed by atoms with E-state index in [4.69, 9.17) is 4.74 Å². The molecule has 108 valence electrons. The van der Waals surface area contributed by atoms with Crippen molar-refractivity contribution in [1.82, 2.24) is 4.90 Å². The third-order valence-corrected chi connectivity index (χ3v) is 5.35. The highest BCUT2D eigenvalue weighted by Gasteiger charge is 2.44. The van der Waals surface area contributed by atoms with Gasteiger partial charge in [0.15, 0.2) is 0 Å². The molecule has 3 aliphatic rings. The normalized spacial score (nSPS) is 43.9. The second-order valence-electron chi connectivity index (χ2n) is 6.58. The summed E-state index contributed by atoms with van der Waals surface area (Å²) < 4.78 is 5.86. The molecule has 5 atom stereocenters. The van der Waals surface area contributed by atoms with Crippen molar-refractivity contribution in [3.8, 4) is 0 Å². The molecule has 0 aromatic heterocycles. The topological polar surface area (TPSA) is 49.8 Å². The van der Waals surface area contributed by atoms with Gasteiger partial charge < -0.3 is 9.84 Å². The zero-order chi connectivity index (χ0) is 13.4. The first-order chi connectivity index (χ1) is 9.16. The largest absolute Gasteiger partial charge is 0.481 e. The number of carboxylic acids is 1. The highest BCUT2D eigenvalue weighted by Crippen LogP contribution is 2.38. The SMILES string of the molecule is CC1CCC(C(=O)O)C(N2CCOC3CCCC32)C1. The molecule has 0 radical (unpaired) electrons. The molecule has 0 spiro atoms. The number of ether oxygens (including phenoxy) is 1. The lowest BCUT2D eigenvalue weighted by Gasteiger charge is -2.47. The van der Waals surface area contributed by atoms with Crippen LogP contribution in [0.2, 0.25) is 0 Å². The first-order valence-corrected chi connectivity index (χ1v) is 7.77. The van der Waals surface area contributed by atoms with Crippen molar-refractivity contribution in [3.05, 3.63) is 0 Å². The minimum atomic E-state index is -0.599. The zero-order valence-corrected chi connectivity index (χ0v) is 11.8. The Labute approximate surface area is 115 Å². The van der Waals surface area contributed by atoms with Gasteiger partial charge in [-0.3, -0.25) is 9.69 Å². The number of morpholine rings is 1. The highest BCUT2D eigenvalue weighted by atomic mass is 16.5. The lowest BCUT2D eigenvalue weighted by atomic mass is 9.77. The van der Waals surface area contributed by atoms with Crippen LogP contribution in [0.4, 0.5) is 0 Å². The first kappa shape index (κ1) is 13.4. The Morgan fingerprint density at radius 2 is 2.05 bits per heavy atom.